The first-order chi connectivity index (χ1) is 14.3. The van der Waals surface area contributed by atoms with Crippen LogP contribution < -0.4 is 10.2 Å². The van der Waals surface area contributed by atoms with Crippen molar-refractivity contribution >= 4 is 29.2 Å². The van der Waals surface area contributed by atoms with Gasteiger partial charge < -0.3 is 15.1 Å². The van der Waals surface area contributed by atoms with Crippen molar-refractivity contribution in [2.24, 2.45) is 5.92 Å². The van der Waals surface area contributed by atoms with Crippen LogP contribution in [0.25, 0.3) is 0 Å². The first-order valence-electron chi connectivity index (χ1n) is 10.1. The molecule has 4 rings (SSSR count). The summed E-state index contributed by atoms with van der Waals surface area (Å²) in [7, 11) is 0. The number of halogens is 2. The predicted molar refractivity (Wildman–Crippen MR) is 113 cm³/mol. The summed E-state index contributed by atoms with van der Waals surface area (Å²) in [6.07, 6.45) is 1.77. The van der Waals surface area contributed by atoms with Crippen molar-refractivity contribution in [1.29, 1.82) is 0 Å². The second-order valence-electron chi connectivity index (χ2n) is 8.04. The van der Waals surface area contributed by atoms with E-state index in [1.165, 1.54) is 12.1 Å². The molecule has 158 valence electrons. The van der Waals surface area contributed by atoms with Gasteiger partial charge in [-0.2, -0.15) is 0 Å². The largest absolute Gasteiger partial charge is 0.355 e. The van der Waals surface area contributed by atoms with Crippen LogP contribution in [0.15, 0.2) is 30.5 Å². The predicted octanol–water partition coefficient (Wildman–Crippen LogP) is 2.99. The summed E-state index contributed by atoms with van der Waals surface area (Å²) in [5, 5.41) is 3.38. The molecule has 1 aromatic carbocycles. The van der Waals surface area contributed by atoms with Crippen molar-refractivity contribution in [3.05, 3.63) is 58.0 Å². The van der Waals surface area contributed by atoms with Crippen LogP contribution in [0.4, 0.5) is 10.2 Å². The minimum Gasteiger partial charge on any atom is -0.355 e. The van der Waals surface area contributed by atoms with Crippen molar-refractivity contribution in [1.82, 2.24) is 15.2 Å². The Morgan fingerprint density at radius 3 is 2.57 bits per heavy atom. The molecule has 1 unspecified atom stereocenters. The average Bonchev–Trinajstić information content (AvgIpc) is 3.06. The zero-order valence-corrected chi connectivity index (χ0v) is 17.7. The van der Waals surface area contributed by atoms with Crippen LogP contribution in [-0.4, -0.2) is 54.4 Å². The molecule has 3 heterocycles. The normalized spacial score (nSPS) is 21.7. The minimum absolute atomic E-state index is 0.0322. The maximum atomic E-state index is 14.8. The third-order valence-corrected chi connectivity index (χ3v) is 6.14. The zero-order chi connectivity index (χ0) is 21.4. The molecule has 1 aromatic heterocycles. The maximum absolute atomic E-state index is 14.8. The smallest absolute Gasteiger partial charge is 0.256 e. The van der Waals surface area contributed by atoms with Crippen LogP contribution in [0.3, 0.4) is 0 Å². The lowest BCUT2D eigenvalue weighted by Crippen LogP contribution is -2.49. The number of carbonyl (C=O) groups is 2. The number of carbonyl (C=O) groups excluding carboxylic acids is 2. The van der Waals surface area contributed by atoms with Crippen molar-refractivity contribution in [3.63, 3.8) is 0 Å². The van der Waals surface area contributed by atoms with Gasteiger partial charge in [-0.15, -0.1) is 0 Å². The van der Waals surface area contributed by atoms with Gasteiger partial charge in [0.05, 0.1) is 16.5 Å². The molecule has 0 spiro atoms. The molecule has 2 atom stereocenters. The Labute approximate surface area is 180 Å². The minimum atomic E-state index is -0.588. The number of hydrogen-bond acceptors (Lipinski definition) is 4. The molecule has 2 aliphatic rings. The molecule has 2 aliphatic heterocycles. The monoisotopic (exact) mass is 430 g/mol. The lowest BCUT2D eigenvalue weighted by molar-refractivity contribution is -0.120. The fourth-order valence-electron chi connectivity index (χ4n) is 4.18. The van der Waals surface area contributed by atoms with E-state index in [1.54, 1.807) is 17.2 Å². The van der Waals surface area contributed by atoms with Crippen LogP contribution in [0.1, 0.15) is 34.3 Å². The second-order valence-corrected chi connectivity index (χ2v) is 8.44. The Hall–Kier alpha value is -2.67. The highest BCUT2D eigenvalue weighted by atomic mass is 35.5. The van der Waals surface area contributed by atoms with E-state index in [2.05, 4.69) is 10.3 Å². The summed E-state index contributed by atoms with van der Waals surface area (Å²) >= 11 is 6.30. The third-order valence-electron chi connectivity index (χ3n) is 5.86. The number of aromatic nitrogens is 1. The molecule has 2 aromatic rings. The summed E-state index contributed by atoms with van der Waals surface area (Å²) in [5.41, 5.74) is 1.63. The number of nitrogens with one attached hydrogen (secondary N) is 1. The number of rotatable bonds is 3. The average molecular weight is 431 g/mol. The lowest BCUT2D eigenvalue weighted by Gasteiger charge is -2.35. The van der Waals surface area contributed by atoms with E-state index in [1.807, 2.05) is 24.8 Å². The number of anilines is 1. The van der Waals surface area contributed by atoms with Gasteiger partial charge in [-0.1, -0.05) is 24.6 Å². The van der Waals surface area contributed by atoms with Gasteiger partial charge in [0.25, 0.3) is 5.91 Å². The molecular weight excluding hydrogens is 407 g/mol. The molecule has 1 N–H and O–H groups in total. The third kappa shape index (κ3) is 3.86. The van der Waals surface area contributed by atoms with Gasteiger partial charge >= 0.3 is 0 Å². The van der Waals surface area contributed by atoms with Gasteiger partial charge in [-0.3, -0.25) is 9.59 Å². The maximum Gasteiger partial charge on any atom is 0.256 e. The number of hydrogen-bond donors (Lipinski definition) is 1. The fourth-order valence-corrected chi connectivity index (χ4v) is 4.52. The van der Waals surface area contributed by atoms with E-state index in [0.29, 0.717) is 49.1 Å². The Morgan fingerprint density at radius 1 is 1.23 bits per heavy atom. The number of pyridine rings is 1. The number of benzene rings is 1. The number of amides is 2. The standard InChI is InChI=1S/C22H24ClFN4O2/c1-13-9-17(23)20(25-11-13)27-5-7-28(8-6-27)22(30)16-4-3-15(10-18(16)24)19-14(2)12-26-21(19)29/h3-4,9-11,14,19H,5-8,12H2,1-2H3,(H,26,29)/t14?,19-/m1/s1. The number of piperazine rings is 1. The van der Waals surface area contributed by atoms with Crippen molar-refractivity contribution in [3.8, 4) is 0 Å². The van der Waals surface area contributed by atoms with Crippen LogP contribution in [0, 0.1) is 18.7 Å². The second kappa shape index (κ2) is 8.22. The van der Waals surface area contributed by atoms with Gasteiger partial charge in [0.2, 0.25) is 5.91 Å². The van der Waals surface area contributed by atoms with E-state index in [0.717, 1.165) is 5.56 Å². The molecule has 0 bridgehead atoms. The molecular formula is C22H24ClFN4O2. The van der Waals surface area contributed by atoms with E-state index in [4.69, 9.17) is 11.6 Å². The first kappa shape index (κ1) is 20.6. The Balaban J connectivity index is 1.45. The van der Waals surface area contributed by atoms with E-state index in [-0.39, 0.29) is 29.2 Å². The summed E-state index contributed by atoms with van der Waals surface area (Å²) in [6.45, 7) is 6.51. The Morgan fingerprint density at radius 2 is 1.97 bits per heavy atom. The topological polar surface area (TPSA) is 65.5 Å². The van der Waals surface area contributed by atoms with Gasteiger partial charge in [0, 0.05) is 38.9 Å². The molecule has 0 radical (unpaired) electrons. The Kier molecular flexibility index (Phi) is 5.64. The molecule has 2 fully saturated rings. The van der Waals surface area contributed by atoms with E-state index < -0.39 is 5.82 Å². The van der Waals surface area contributed by atoms with Gasteiger partial charge in [0.1, 0.15) is 11.6 Å². The van der Waals surface area contributed by atoms with Crippen LogP contribution in [0.2, 0.25) is 5.02 Å². The summed E-state index contributed by atoms with van der Waals surface area (Å²) in [6, 6.07) is 6.38. The van der Waals surface area contributed by atoms with Gasteiger partial charge in [-0.25, -0.2) is 9.37 Å². The molecule has 8 heteroatoms. The van der Waals surface area contributed by atoms with Crippen molar-refractivity contribution < 1.29 is 14.0 Å². The molecule has 2 amide bonds. The number of aryl methyl sites for hydroxylation is 1. The summed E-state index contributed by atoms with van der Waals surface area (Å²) in [4.78, 5) is 33.0. The van der Waals surface area contributed by atoms with E-state index in [9.17, 15) is 14.0 Å². The molecule has 30 heavy (non-hydrogen) atoms. The van der Waals surface area contributed by atoms with Crippen LogP contribution >= 0.6 is 11.6 Å². The molecule has 0 saturated carbocycles. The van der Waals surface area contributed by atoms with E-state index >= 15 is 0 Å². The van der Waals surface area contributed by atoms with Crippen LogP contribution in [0.5, 0.6) is 0 Å². The lowest BCUT2D eigenvalue weighted by atomic mass is 9.89. The summed E-state index contributed by atoms with van der Waals surface area (Å²) in [5.74, 6) is -0.609. The van der Waals surface area contributed by atoms with Crippen molar-refractivity contribution in [2.45, 2.75) is 19.8 Å². The SMILES string of the molecule is Cc1cnc(N2CCN(C(=O)c3ccc([C@@H]4C(=O)NCC4C)cc3F)CC2)c(Cl)c1. The highest BCUT2D eigenvalue weighted by Gasteiger charge is 2.34. The Bertz CT molecular complexity index is 991. The van der Waals surface area contributed by atoms with Gasteiger partial charge in [0.15, 0.2) is 0 Å². The molecule has 6 nitrogen and oxygen atoms in total. The first-order valence-corrected chi connectivity index (χ1v) is 10.5. The van der Waals surface area contributed by atoms with Crippen LogP contribution in [-0.2, 0) is 4.79 Å². The fraction of sp³-hybridized carbons (Fsp3) is 0.409. The van der Waals surface area contributed by atoms with Crippen molar-refractivity contribution in [2.75, 3.05) is 37.6 Å². The zero-order valence-electron chi connectivity index (χ0n) is 17.0. The molecule has 0 aliphatic carbocycles. The number of nitrogens with zero attached hydrogens (tertiary/aromatic N) is 3. The highest BCUT2D eigenvalue weighted by Crippen LogP contribution is 2.30. The molecule has 2 saturated heterocycles. The van der Waals surface area contributed by atoms with Gasteiger partial charge in [-0.05, 0) is 42.2 Å². The highest BCUT2D eigenvalue weighted by molar-refractivity contribution is 6.33. The quantitative estimate of drug-likeness (QED) is 0.813. The summed E-state index contributed by atoms with van der Waals surface area (Å²) < 4.78 is 14.8.